The fraction of sp³-hybridized carbons (Fsp3) is 0.500. The summed E-state index contributed by atoms with van der Waals surface area (Å²) in [6.07, 6.45) is 0. The Morgan fingerprint density at radius 2 is 2.36 bits per heavy atom. The van der Waals surface area contributed by atoms with Gasteiger partial charge in [0.1, 0.15) is 5.82 Å². The van der Waals surface area contributed by atoms with Crippen LogP contribution >= 0.6 is 15.9 Å². The highest BCUT2D eigenvalue weighted by molar-refractivity contribution is 9.10. The Bertz CT molecular complexity index is 664. The van der Waals surface area contributed by atoms with Gasteiger partial charge in [0.2, 0.25) is 0 Å². The summed E-state index contributed by atoms with van der Waals surface area (Å²) in [5.41, 5.74) is -0.490. The lowest BCUT2D eigenvalue weighted by atomic mass is 10.3. The Balaban J connectivity index is 2.75. The average molecular weight is 268 g/mol. The Hall–Kier alpha value is -0.610. The minimum absolute atomic E-state index is 0.128. The molecule has 0 saturated carbocycles. The number of anilines is 1. The molecule has 0 aliphatic carbocycles. The van der Waals surface area contributed by atoms with E-state index in [1.807, 2.05) is 0 Å². The van der Waals surface area contributed by atoms with Gasteiger partial charge in [0.25, 0.3) is 0 Å². The van der Waals surface area contributed by atoms with E-state index in [-0.39, 0.29) is 9.37 Å². The Kier molecular flexibility index (Phi) is 0.974. The molecule has 0 atom stereocenters. The van der Waals surface area contributed by atoms with Gasteiger partial charge in [0.05, 0.1) is 24.1 Å². The summed E-state index contributed by atoms with van der Waals surface area (Å²) < 4.78 is 89.1. The molecular formula is C10H13BrN2O. The number of pyridine rings is 1. The second kappa shape index (κ2) is 4.28. The van der Waals surface area contributed by atoms with Gasteiger partial charge in [-0.05, 0) is 19.0 Å². The number of rotatable bonds is 1. The van der Waals surface area contributed by atoms with E-state index in [1.54, 1.807) is 0 Å². The molecule has 2 rings (SSSR count). The van der Waals surface area contributed by atoms with Gasteiger partial charge in [0, 0.05) is 27.3 Å². The van der Waals surface area contributed by atoms with Crippen molar-refractivity contribution in [3.8, 4) is 0 Å². The molecule has 1 fully saturated rings. The van der Waals surface area contributed by atoms with Crippen LogP contribution in [0.2, 0.25) is 0 Å². The van der Waals surface area contributed by atoms with Gasteiger partial charge in [-0.1, -0.05) is 15.9 Å². The van der Waals surface area contributed by atoms with E-state index in [4.69, 9.17) is 15.1 Å². The van der Waals surface area contributed by atoms with Crippen LogP contribution in [0.15, 0.2) is 16.6 Å². The van der Waals surface area contributed by atoms with Gasteiger partial charge in [0.15, 0.2) is 0 Å². The predicted octanol–water partition coefficient (Wildman–Crippen LogP) is 1.99. The molecule has 1 aliphatic heterocycles. The number of hydrogen-bond acceptors (Lipinski definition) is 3. The molecule has 2 heterocycles. The zero-order valence-electron chi connectivity index (χ0n) is 17.8. The zero-order valence-corrected chi connectivity index (χ0v) is 8.42. The molecule has 4 heteroatoms. The fourth-order valence-electron chi connectivity index (χ4n) is 0.903. The molecule has 1 aromatic rings. The quantitative estimate of drug-likeness (QED) is 0.779. The first-order valence-electron chi connectivity index (χ1n) is 9.12. The van der Waals surface area contributed by atoms with Gasteiger partial charge in [-0.2, -0.15) is 0 Å². The maximum Gasteiger partial charge on any atom is 0.130 e. The van der Waals surface area contributed by atoms with E-state index >= 15 is 0 Å². The minimum Gasteiger partial charge on any atom is -0.378 e. The summed E-state index contributed by atoms with van der Waals surface area (Å²) in [4.78, 5) is 3.84. The van der Waals surface area contributed by atoms with Crippen LogP contribution in [-0.2, 0) is 4.74 Å². The molecule has 1 aliphatic rings. The zero-order chi connectivity index (χ0) is 19.6. The highest BCUT2D eigenvalue weighted by Gasteiger charge is 2.12. The number of ether oxygens (including phenoxy) is 1. The average Bonchev–Trinajstić information content (AvgIpc) is 2.33. The molecule has 0 spiro atoms. The van der Waals surface area contributed by atoms with Crippen molar-refractivity contribution in [2.24, 2.45) is 0 Å². The third-order valence-electron chi connectivity index (χ3n) is 1.42. The summed E-state index contributed by atoms with van der Waals surface area (Å²) in [6, 6.07) is 2.20. The van der Waals surface area contributed by atoms with Gasteiger partial charge >= 0.3 is 0 Å². The fourth-order valence-corrected chi connectivity index (χ4v) is 1.32. The van der Waals surface area contributed by atoms with Crippen LogP contribution in [0.5, 0.6) is 0 Å². The van der Waals surface area contributed by atoms with Crippen LogP contribution in [0, 0.1) is 6.85 Å². The standard InChI is InChI=1S/C10H13BrN2O/c1-8-6-9(11)7-10(12-8)13-2-4-14-5-3-13/h6-7H,2-5H2,1H3/i1D3,2D2,3D2,4D2,5D2. The maximum atomic E-state index is 7.94. The number of aromatic nitrogens is 1. The third kappa shape index (κ3) is 2.25. The van der Waals surface area contributed by atoms with Gasteiger partial charge in [-0.15, -0.1) is 0 Å². The molecule has 14 heavy (non-hydrogen) atoms. The minimum atomic E-state index is -3.24. The van der Waals surface area contributed by atoms with Crippen molar-refractivity contribution in [3.63, 3.8) is 0 Å². The van der Waals surface area contributed by atoms with Crippen molar-refractivity contribution >= 4 is 21.7 Å². The van der Waals surface area contributed by atoms with Crippen LogP contribution in [0.25, 0.3) is 0 Å². The molecular weight excluding hydrogens is 244 g/mol. The molecule has 76 valence electrons. The van der Waals surface area contributed by atoms with Gasteiger partial charge < -0.3 is 9.64 Å². The molecule has 0 aromatic carbocycles. The predicted molar refractivity (Wildman–Crippen MR) is 59.7 cm³/mol. The van der Waals surface area contributed by atoms with Crippen molar-refractivity contribution in [1.82, 2.24) is 4.98 Å². The van der Waals surface area contributed by atoms with E-state index in [9.17, 15) is 0 Å². The number of hydrogen-bond donors (Lipinski definition) is 0. The smallest absolute Gasteiger partial charge is 0.130 e. The van der Waals surface area contributed by atoms with E-state index in [2.05, 4.69) is 25.7 Å². The molecule has 3 nitrogen and oxygen atoms in total. The van der Waals surface area contributed by atoms with Crippen molar-refractivity contribution in [2.45, 2.75) is 6.85 Å². The first kappa shape index (κ1) is 3.19. The van der Waals surface area contributed by atoms with Crippen LogP contribution in [0.4, 0.5) is 5.82 Å². The van der Waals surface area contributed by atoms with Crippen LogP contribution in [0.1, 0.15) is 20.8 Å². The molecule has 1 aromatic heterocycles. The third-order valence-corrected chi connectivity index (χ3v) is 1.88. The normalized spacial score (nSPS) is 44.1. The van der Waals surface area contributed by atoms with Crippen molar-refractivity contribution in [3.05, 3.63) is 22.3 Å². The van der Waals surface area contributed by atoms with E-state index in [1.165, 1.54) is 0 Å². The van der Waals surface area contributed by atoms with E-state index in [0.29, 0.717) is 0 Å². The molecule has 0 amide bonds. The topological polar surface area (TPSA) is 25.4 Å². The number of nitrogens with zero attached hydrogens (tertiary/aromatic N) is 2. The molecule has 0 bridgehead atoms. The van der Waals surface area contributed by atoms with Crippen molar-refractivity contribution in [2.75, 3.05) is 31.0 Å². The highest BCUT2D eigenvalue weighted by atomic mass is 79.9. The Morgan fingerprint density at radius 3 is 3.07 bits per heavy atom. The summed E-state index contributed by atoms with van der Waals surface area (Å²) in [7, 11) is 0. The summed E-state index contributed by atoms with van der Waals surface area (Å²) in [6.45, 7) is -15.6. The summed E-state index contributed by atoms with van der Waals surface area (Å²) in [5.74, 6) is -0.591. The number of halogens is 1. The molecule has 0 unspecified atom stereocenters. The lowest BCUT2D eigenvalue weighted by molar-refractivity contribution is 0.122. The van der Waals surface area contributed by atoms with Crippen molar-refractivity contribution in [1.29, 1.82) is 0 Å². The maximum absolute atomic E-state index is 7.94. The Morgan fingerprint density at radius 1 is 1.57 bits per heavy atom. The van der Waals surface area contributed by atoms with Crippen LogP contribution in [0.3, 0.4) is 0 Å². The number of morpholine rings is 1. The largest absolute Gasteiger partial charge is 0.378 e. The second-order valence-corrected chi connectivity index (χ2v) is 3.31. The van der Waals surface area contributed by atoms with E-state index < -0.39 is 44.5 Å². The molecule has 0 radical (unpaired) electrons. The first-order valence-corrected chi connectivity index (χ1v) is 4.41. The van der Waals surface area contributed by atoms with Crippen molar-refractivity contribution < 1.29 is 19.8 Å². The second-order valence-electron chi connectivity index (χ2n) is 2.39. The summed E-state index contributed by atoms with van der Waals surface area (Å²) >= 11 is 3.02. The van der Waals surface area contributed by atoms with E-state index in [0.717, 1.165) is 12.1 Å². The van der Waals surface area contributed by atoms with Gasteiger partial charge in [-0.3, -0.25) is 0 Å². The van der Waals surface area contributed by atoms with Crippen LogP contribution in [-0.4, -0.2) is 31.1 Å². The monoisotopic (exact) mass is 267 g/mol. The summed E-state index contributed by atoms with van der Waals surface area (Å²) in [5, 5.41) is 0. The SMILES string of the molecule is [2H]C([2H])([2H])c1cc(Br)cc(N2C([2H])([2H])C([2H])([2H])OC([2H])([2H])C2([2H])[2H])n1. The lowest BCUT2D eigenvalue weighted by Gasteiger charge is -2.28. The highest BCUT2D eigenvalue weighted by Crippen LogP contribution is 2.19. The lowest BCUT2D eigenvalue weighted by Crippen LogP contribution is -2.36. The first-order chi connectivity index (χ1) is 10.9. The Labute approximate surface area is 108 Å². The molecule has 0 N–H and O–H groups in total. The number of aryl methyl sites for hydroxylation is 1. The van der Waals surface area contributed by atoms with Crippen LogP contribution < -0.4 is 4.90 Å². The molecule has 1 saturated heterocycles. The van der Waals surface area contributed by atoms with Gasteiger partial charge in [-0.25, -0.2) is 4.98 Å².